The molecule has 16 heavy (non-hydrogen) atoms. The number of carboxylic acids is 1. The Labute approximate surface area is 89.9 Å². The van der Waals surface area contributed by atoms with Gasteiger partial charge in [-0.3, -0.25) is 9.78 Å². The maximum absolute atomic E-state index is 13.1. The highest BCUT2D eigenvalue weighted by Crippen LogP contribution is 2.61. The lowest BCUT2D eigenvalue weighted by molar-refractivity contribution is -0.143. The Bertz CT molecular complexity index is 432. The first-order valence-electron chi connectivity index (χ1n) is 4.56. The summed E-state index contributed by atoms with van der Waals surface area (Å²) in [5, 5.41) is 8.87. The molecule has 1 atom stereocenters. The standard InChI is InChI=1S/C10H9F2NO3/c1-16-6-2-3-7(13-4-6)9(8(14)15)5-10(9,11)12/h2-4H,5H2,1H3,(H,14,15). The van der Waals surface area contributed by atoms with E-state index in [-0.39, 0.29) is 5.69 Å². The van der Waals surface area contributed by atoms with Gasteiger partial charge in [-0.1, -0.05) is 0 Å². The third-order valence-electron chi connectivity index (χ3n) is 2.76. The van der Waals surface area contributed by atoms with E-state index in [9.17, 15) is 13.6 Å². The number of aliphatic carboxylic acids is 1. The van der Waals surface area contributed by atoms with Gasteiger partial charge in [-0.25, -0.2) is 8.78 Å². The summed E-state index contributed by atoms with van der Waals surface area (Å²) in [7, 11) is 1.41. The zero-order valence-electron chi connectivity index (χ0n) is 8.41. The van der Waals surface area contributed by atoms with E-state index in [0.717, 1.165) is 0 Å². The molecule has 86 valence electrons. The number of carbonyl (C=O) groups is 1. The molecule has 0 amide bonds. The van der Waals surface area contributed by atoms with Crippen molar-refractivity contribution in [3.63, 3.8) is 0 Å². The minimum absolute atomic E-state index is 0.134. The van der Waals surface area contributed by atoms with Crippen LogP contribution in [0.5, 0.6) is 5.75 Å². The topological polar surface area (TPSA) is 59.4 Å². The van der Waals surface area contributed by atoms with Gasteiger partial charge in [0.25, 0.3) is 5.92 Å². The molecule has 1 aliphatic carbocycles. The van der Waals surface area contributed by atoms with E-state index in [1.165, 1.54) is 25.4 Å². The Morgan fingerprint density at radius 3 is 2.50 bits per heavy atom. The van der Waals surface area contributed by atoms with E-state index in [2.05, 4.69) is 4.98 Å². The highest BCUT2D eigenvalue weighted by molar-refractivity contribution is 5.87. The molecule has 1 aliphatic rings. The van der Waals surface area contributed by atoms with Crippen molar-refractivity contribution in [2.45, 2.75) is 17.8 Å². The molecule has 0 aromatic carbocycles. The third kappa shape index (κ3) is 1.26. The Kier molecular flexibility index (Phi) is 2.11. The van der Waals surface area contributed by atoms with E-state index in [1.54, 1.807) is 0 Å². The number of hydrogen-bond acceptors (Lipinski definition) is 3. The molecule has 1 saturated carbocycles. The van der Waals surface area contributed by atoms with Crippen LogP contribution in [0, 0.1) is 0 Å². The Morgan fingerprint density at radius 1 is 1.56 bits per heavy atom. The molecule has 0 radical (unpaired) electrons. The molecule has 0 aliphatic heterocycles. The zero-order valence-corrected chi connectivity index (χ0v) is 8.41. The van der Waals surface area contributed by atoms with Crippen LogP contribution in [0.1, 0.15) is 12.1 Å². The molecule has 0 spiro atoms. The van der Waals surface area contributed by atoms with Crippen molar-refractivity contribution in [3.8, 4) is 5.75 Å². The van der Waals surface area contributed by atoms with Gasteiger partial charge < -0.3 is 9.84 Å². The number of nitrogens with zero attached hydrogens (tertiary/aromatic N) is 1. The molecule has 2 rings (SSSR count). The molecule has 4 nitrogen and oxygen atoms in total. The summed E-state index contributed by atoms with van der Waals surface area (Å²) >= 11 is 0. The van der Waals surface area contributed by atoms with Crippen molar-refractivity contribution in [1.82, 2.24) is 4.98 Å². The molecule has 0 bridgehead atoms. The van der Waals surface area contributed by atoms with Gasteiger partial charge in [-0.15, -0.1) is 0 Å². The van der Waals surface area contributed by atoms with E-state index in [4.69, 9.17) is 9.84 Å². The summed E-state index contributed by atoms with van der Waals surface area (Å²) in [5.41, 5.74) is -2.29. The minimum Gasteiger partial charge on any atom is -0.495 e. The van der Waals surface area contributed by atoms with Gasteiger partial charge in [0, 0.05) is 6.42 Å². The van der Waals surface area contributed by atoms with Gasteiger partial charge in [0.15, 0.2) is 5.41 Å². The Morgan fingerprint density at radius 2 is 2.19 bits per heavy atom. The molecule has 6 heteroatoms. The van der Waals surface area contributed by atoms with Crippen molar-refractivity contribution in [3.05, 3.63) is 24.0 Å². The van der Waals surface area contributed by atoms with E-state index in [0.29, 0.717) is 5.75 Å². The van der Waals surface area contributed by atoms with Crippen LogP contribution in [0.25, 0.3) is 0 Å². The highest BCUT2D eigenvalue weighted by atomic mass is 19.3. The first-order valence-corrected chi connectivity index (χ1v) is 4.56. The smallest absolute Gasteiger partial charge is 0.322 e. The lowest BCUT2D eigenvalue weighted by Crippen LogP contribution is -2.28. The predicted octanol–water partition coefficient (Wildman–Crippen LogP) is 1.45. The van der Waals surface area contributed by atoms with Crippen LogP contribution >= 0.6 is 0 Å². The second-order valence-corrected chi connectivity index (χ2v) is 3.67. The number of ether oxygens (including phenoxy) is 1. The normalized spacial score (nSPS) is 26.2. The van der Waals surface area contributed by atoms with Gasteiger partial charge >= 0.3 is 5.97 Å². The summed E-state index contributed by atoms with van der Waals surface area (Å²) in [6.45, 7) is 0. The summed E-state index contributed by atoms with van der Waals surface area (Å²) < 4.78 is 31.1. The largest absolute Gasteiger partial charge is 0.495 e. The average molecular weight is 229 g/mol. The minimum atomic E-state index is -3.22. The first kappa shape index (κ1) is 10.8. The number of hydrogen-bond donors (Lipinski definition) is 1. The quantitative estimate of drug-likeness (QED) is 0.852. The summed E-state index contributed by atoms with van der Waals surface area (Å²) in [5.74, 6) is -4.37. The first-order chi connectivity index (χ1) is 7.44. The fourth-order valence-electron chi connectivity index (χ4n) is 1.66. The van der Waals surface area contributed by atoms with Crippen LogP contribution in [-0.4, -0.2) is 29.1 Å². The van der Waals surface area contributed by atoms with Crippen molar-refractivity contribution >= 4 is 5.97 Å². The molecule has 1 aromatic heterocycles. The van der Waals surface area contributed by atoms with Crippen molar-refractivity contribution in [2.75, 3.05) is 7.11 Å². The predicted molar refractivity (Wildman–Crippen MR) is 49.7 cm³/mol. The maximum atomic E-state index is 13.1. The van der Waals surface area contributed by atoms with Crippen LogP contribution in [0.2, 0.25) is 0 Å². The SMILES string of the molecule is COc1ccc(C2(C(=O)O)CC2(F)F)nc1. The lowest BCUT2D eigenvalue weighted by atomic mass is 10.0. The number of alkyl halides is 2. The second-order valence-electron chi connectivity index (χ2n) is 3.67. The molecular formula is C10H9F2NO3. The molecule has 0 saturated heterocycles. The van der Waals surface area contributed by atoms with Crippen LogP contribution in [-0.2, 0) is 10.2 Å². The van der Waals surface area contributed by atoms with Crippen molar-refractivity contribution in [1.29, 1.82) is 0 Å². The van der Waals surface area contributed by atoms with E-state index < -0.39 is 23.7 Å². The fourth-order valence-corrected chi connectivity index (χ4v) is 1.66. The van der Waals surface area contributed by atoms with Crippen LogP contribution < -0.4 is 4.74 Å². The molecule has 1 N–H and O–H groups in total. The van der Waals surface area contributed by atoms with Crippen LogP contribution in [0.15, 0.2) is 18.3 Å². The van der Waals surface area contributed by atoms with Gasteiger partial charge in [0.1, 0.15) is 5.75 Å². The number of methoxy groups -OCH3 is 1. The Balaban J connectivity index is 2.39. The second kappa shape index (κ2) is 3.13. The van der Waals surface area contributed by atoms with Gasteiger partial charge in [0.05, 0.1) is 19.0 Å². The molecule has 1 aromatic rings. The Hall–Kier alpha value is -1.72. The summed E-state index contributed by atoms with van der Waals surface area (Å²) in [6, 6.07) is 2.68. The van der Waals surface area contributed by atoms with Gasteiger partial charge in [-0.05, 0) is 12.1 Å². The third-order valence-corrected chi connectivity index (χ3v) is 2.76. The molecule has 1 fully saturated rings. The van der Waals surface area contributed by atoms with Crippen molar-refractivity contribution < 1.29 is 23.4 Å². The number of halogens is 2. The maximum Gasteiger partial charge on any atom is 0.322 e. The summed E-state index contributed by atoms with van der Waals surface area (Å²) in [4.78, 5) is 14.6. The fraction of sp³-hybridized carbons (Fsp3) is 0.400. The number of carboxylic acid groups (broad SMARTS) is 1. The van der Waals surface area contributed by atoms with Gasteiger partial charge in [0.2, 0.25) is 0 Å². The average Bonchev–Trinajstić information content (AvgIpc) is 2.84. The monoisotopic (exact) mass is 229 g/mol. The summed E-state index contributed by atoms with van der Waals surface area (Å²) in [6.07, 6.45) is 0.531. The van der Waals surface area contributed by atoms with Crippen LogP contribution in [0.3, 0.4) is 0 Å². The van der Waals surface area contributed by atoms with E-state index >= 15 is 0 Å². The molecular weight excluding hydrogens is 220 g/mol. The van der Waals surface area contributed by atoms with Gasteiger partial charge in [-0.2, -0.15) is 0 Å². The lowest BCUT2D eigenvalue weighted by Gasteiger charge is -2.10. The molecule has 1 unspecified atom stereocenters. The zero-order chi connectivity index (χ0) is 12.0. The highest BCUT2D eigenvalue weighted by Gasteiger charge is 2.78. The number of rotatable bonds is 3. The van der Waals surface area contributed by atoms with Crippen molar-refractivity contribution in [2.24, 2.45) is 0 Å². The number of aromatic nitrogens is 1. The number of pyridine rings is 1. The van der Waals surface area contributed by atoms with E-state index in [1.807, 2.05) is 0 Å². The molecule has 1 heterocycles. The van der Waals surface area contributed by atoms with Crippen LogP contribution in [0.4, 0.5) is 8.78 Å².